The summed E-state index contributed by atoms with van der Waals surface area (Å²) in [5.41, 5.74) is 6.35. The molecule has 6 heteroatoms. The van der Waals surface area contributed by atoms with E-state index in [0.717, 1.165) is 11.1 Å². The average molecular weight is 322 g/mol. The van der Waals surface area contributed by atoms with Crippen LogP contribution in [0.25, 0.3) is 10.9 Å². The lowest BCUT2D eigenvalue weighted by atomic mass is 10.2. The van der Waals surface area contributed by atoms with Crippen LogP contribution in [0.15, 0.2) is 54.6 Å². The van der Waals surface area contributed by atoms with Crippen molar-refractivity contribution in [3.05, 3.63) is 60.3 Å². The smallest absolute Gasteiger partial charge is 0.285 e. The minimum atomic E-state index is -0.317. The van der Waals surface area contributed by atoms with Gasteiger partial charge in [0.25, 0.3) is 5.91 Å². The highest BCUT2D eigenvalue weighted by atomic mass is 16.5. The second-order valence-corrected chi connectivity index (χ2v) is 5.62. The van der Waals surface area contributed by atoms with Gasteiger partial charge in [-0.15, -0.1) is 10.2 Å². The summed E-state index contributed by atoms with van der Waals surface area (Å²) in [7, 11) is 0. The molecule has 1 amide bonds. The Balaban J connectivity index is 1.79. The molecule has 0 spiro atoms. The molecule has 24 heavy (non-hydrogen) atoms. The van der Waals surface area contributed by atoms with Gasteiger partial charge in [-0.1, -0.05) is 18.2 Å². The van der Waals surface area contributed by atoms with Crippen molar-refractivity contribution in [3.8, 4) is 11.5 Å². The van der Waals surface area contributed by atoms with E-state index in [4.69, 9.17) is 4.74 Å². The predicted molar refractivity (Wildman–Crippen MR) is 91.8 cm³/mol. The summed E-state index contributed by atoms with van der Waals surface area (Å²) in [5, 5.41) is 8.91. The first-order valence-corrected chi connectivity index (χ1v) is 7.68. The number of hydrogen-bond acceptors (Lipinski definition) is 5. The normalized spacial score (nSPS) is 10.8. The number of rotatable bonds is 5. The molecule has 0 aliphatic heterocycles. The molecule has 1 aromatic heterocycles. The summed E-state index contributed by atoms with van der Waals surface area (Å²) >= 11 is 0. The molecule has 1 heterocycles. The van der Waals surface area contributed by atoms with Crippen LogP contribution < -0.4 is 15.6 Å². The van der Waals surface area contributed by atoms with Crippen LogP contribution in [-0.2, 0) is 0 Å². The Morgan fingerprint density at radius 2 is 1.79 bits per heavy atom. The van der Waals surface area contributed by atoms with Gasteiger partial charge in [-0.2, -0.15) is 0 Å². The third kappa shape index (κ3) is 3.85. The summed E-state index contributed by atoms with van der Waals surface area (Å²) in [5.74, 6) is 1.10. The van der Waals surface area contributed by atoms with Gasteiger partial charge in [0.15, 0.2) is 5.69 Å². The van der Waals surface area contributed by atoms with E-state index < -0.39 is 0 Å². The largest absolute Gasteiger partial charge is 0.457 e. The van der Waals surface area contributed by atoms with Crippen molar-refractivity contribution in [3.63, 3.8) is 0 Å². The van der Waals surface area contributed by atoms with Crippen LogP contribution in [-0.4, -0.2) is 22.1 Å². The molecule has 0 saturated heterocycles. The SMILES string of the molecule is CC(C)NNC(=O)c1cc2ccc(Oc3ccccc3)cc2nn1. The van der Waals surface area contributed by atoms with Crippen molar-refractivity contribution in [1.29, 1.82) is 0 Å². The topological polar surface area (TPSA) is 76.1 Å². The fourth-order valence-electron chi connectivity index (χ4n) is 2.09. The highest BCUT2D eigenvalue weighted by Crippen LogP contribution is 2.24. The summed E-state index contributed by atoms with van der Waals surface area (Å²) in [6.45, 7) is 3.86. The minimum absolute atomic E-state index is 0.139. The van der Waals surface area contributed by atoms with Crippen molar-refractivity contribution >= 4 is 16.8 Å². The van der Waals surface area contributed by atoms with E-state index in [1.807, 2.05) is 56.3 Å². The monoisotopic (exact) mass is 322 g/mol. The Labute approximate surface area is 139 Å². The molecule has 2 N–H and O–H groups in total. The lowest BCUT2D eigenvalue weighted by molar-refractivity contribution is 0.0922. The molecule has 0 atom stereocenters. The van der Waals surface area contributed by atoms with Crippen LogP contribution in [0.3, 0.4) is 0 Å². The molecule has 0 fully saturated rings. The van der Waals surface area contributed by atoms with E-state index in [1.54, 1.807) is 12.1 Å². The molecular weight excluding hydrogens is 304 g/mol. The molecule has 3 aromatic rings. The van der Waals surface area contributed by atoms with Crippen LogP contribution in [0.4, 0.5) is 0 Å². The third-order valence-corrected chi connectivity index (χ3v) is 3.25. The number of carbonyl (C=O) groups excluding carboxylic acids is 1. The van der Waals surface area contributed by atoms with Gasteiger partial charge in [0.2, 0.25) is 0 Å². The van der Waals surface area contributed by atoms with E-state index in [9.17, 15) is 4.79 Å². The molecule has 0 bridgehead atoms. The zero-order chi connectivity index (χ0) is 16.9. The van der Waals surface area contributed by atoms with Gasteiger partial charge >= 0.3 is 0 Å². The molecular formula is C18H18N4O2. The second-order valence-electron chi connectivity index (χ2n) is 5.62. The maximum Gasteiger partial charge on any atom is 0.285 e. The van der Waals surface area contributed by atoms with Gasteiger partial charge in [-0.05, 0) is 44.2 Å². The van der Waals surface area contributed by atoms with E-state index in [1.165, 1.54) is 0 Å². The average Bonchev–Trinajstić information content (AvgIpc) is 2.60. The summed E-state index contributed by atoms with van der Waals surface area (Å²) in [6, 6.07) is 16.8. The number of benzene rings is 2. The molecule has 0 radical (unpaired) electrons. The number of amides is 1. The van der Waals surface area contributed by atoms with E-state index in [2.05, 4.69) is 21.0 Å². The Hall–Kier alpha value is -2.99. The number of hydrogen-bond donors (Lipinski definition) is 2. The van der Waals surface area contributed by atoms with Gasteiger partial charge < -0.3 is 4.74 Å². The van der Waals surface area contributed by atoms with Gasteiger partial charge in [0.05, 0.1) is 5.52 Å². The molecule has 0 aliphatic rings. The lowest BCUT2D eigenvalue weighted by Crippen LogP contribution is -2.42. The molecule has 122 valence electrons. The molecule has 0 saturated carbocycles. The Morgan fingerprint density at radius 3 is 2.54 bits per heavy atom. The van der Waals surface area contributed by atoms with Crippen molar-refractivity contribution < 1.29 is 9.53 Å². The van der Waals surface area contributed by atoms with Crippen molar-refractivity contribution in [2.75, 3.05) is 0 Å². The van der Waals surface area contributed by atoms with Gasteiger partial charge in [-0.25, -0.2) is 5.43 Å². The number of aromatic nitrogens is 2. The van der Waals surface area contributed by atoms with Gasteiger partial charge in [0, 0.05) is 17.5 Å². The van der Waals surface area contributed by atoms with E-state index in [0.29, 0.717) is 11.3 Å². The fourth-order valence-corrected chi connectivity index (χ4v) is 2.09. The number of carbonyl (C=O) groups is 1. The van der Waals surface area contributed by atoms with Crippen LogP contribution in [0.5, 0.6) is 11.5 Å². The quantitative estimate of drug-likeness (QED) is 0.706. The Kier molecular flexibility index (Phi) is 4.67. The van der Waals surface area contributed by atoms with Crippen LogP contribution in [0.1, 0.15) is 24.3 Å². The first kappa shape index (κ1) is 15.9. The van der Waals surface area contributed by atoms with E-state index in [-0.39, 0.29) is 17.6 Å². The number of hydrazine groups is 1. The maximum absolute atomic E-state index is 12.0. The highest BCUT2D eigenvalue weighted by Gasteiger charge is 2.10. The first-order chi connectivity index (χ1) is 11.6. The predicted octanol–water partition coefficient (Wildman–Crippen LogP) is 3.06. The van der Waals surface area contributed by atoms with Crippen molar-refractivity contribution in [2.24, 2.45) is 0 Å². The van der Waals surface area contributed by atoms with Crippen LogP contribution in [0.2, 0.25) is 0 Å². The summed E-state index contributed by atoms with van der Waals surface area (Å²) in [6.07, 6.45) is 0. The Bertz CT molecular complexity index is 850. The minimum Gasteiger partial charge on any atom is -0.457 e. The lowest BCUT2D eigenvalue weighted by Gasteiger charge is -2.09. The van der Waals surface area contributed by atoms with Gasteiger partial charge in [0.1, 0.15) is 11.5 Å². The standard InChI is InChI=1S/C18H18N4O2/c1-12(2)19-22-18(23)17-10-13-8-9-15(11-16(13)20-21-17)24-14-6-4-3-5-7-14/h3-12,19H,1-2H3,(H,22,23). The molecule has 0 unspecified atom stereocenters. The maximum atomic E-state index is 12.0. The molecule has 3 rings (SSSR count). The molecule has 6 nitrogen and oxygen atoms in total. The first-order valence-electron chi connectivity index (χ1n) is 7.68. The fraction of sp³-hybridized carbons (Fsp3) is 0.167. The Morgan fingerprint density at radius 1 is 1.00 bits per heavy atom. The number of ether oxygens (including phenoxy) is 1. The van der Waals surface area contributed by atoms with Crippen molar-refractivity contribution in [1.82, 2.24) is 21.0 Å². The summed E-state index contributed by atoms with van der Waals surface area (Å²) in [4.78, 5) is 12.0. The number of nitrogens with zero attached hydrogens (tertiary/aromatic N) is 2. The van der Waals surface area contributed by atoms with E-state index >= 15 is 0 Å². The number of fused-ring (bicyclic) bond motifs is 1. The van der Waals surface area contributed by atoms with Gasteiger partial charge in [-0.3, -0.25) is 10.2 Å². The third-order valence-electron chi connectivity index (χ3n) is 3.25. The number of nitrogens with one attached hydrogen (secondary N) is 2. The highest BCUT2D eigenvalue weighted by molar-refractivity contribution is 5.95. The number of para-hydroxylation sites is 1. The zero-order valence-corrected chi connectivity index (χ0v) is 13.5. The van der Waals surface area contributed by atoms with Crippen LogP contribution >= 0.6 is 0 Å². The zero-order valence-electron chi connectivity index (χ0n) is 13.5. The second kappa shape index (κ2) is 7.06. The summed E-state index contributed by atoms with van der Waals surface area (Å²) < 4.78 is 5.77. The van der Waals surface area contributed by atoms with Crippen LogP contribution in [0, 0.1) is 0 Å². The molecule has 0 aliphatic carbocycles. The van der Waals surface area contributed by atoms with Crippen molar-refractivity contribution in [2.45, 2.75) is 19.9 Å². The molecule has 2 aromatic carbocycles.